The second kappa shape index (κ2) is 2.51. The van der Waals surface area contributed by atoms with Gasteiger partial charge < -0.3 is 5.32 Å². The molecule has 1 aromatic rings. The lowest BCUT2D eigenvalue weighted by molar-refractivity contribution is 0.241. The molecule has 1 rings (SSSR count). The minimum Gasteiger partial charge on any atom is -0.339 e. The van der Waals surface area contributed by atoms with Crippen LogP contribution in [0.3, 0.4) is 0 Å². The van der Waals surface area contributed by atoms with Gasteiger partial charge in [-0.15, -0.1) is 0 Å². The van der Waals surface area contributed by atoms with E-state index in [4.69, 9.17) is 0 Å². The Balaban J connectivity index is 2.85. The van der Waals surface area contributed by atoms with E-state index in [9.17, 15) is 4.79 Å². The zero-order valence-corrected chi connectivity index (χ0v) is 5.96. The van der Waals surface area contributed by atoms with Gasteiger partial charge in [0, 0.05) is 13.2 Å². The summed E-state index contributed by atoms with van der Waals surface area (Å²) in [7, 11) is 1.57. The molecule has 1 heterocycles. The summed E-state index contributed by atoms with van der Waals surface area (Å²) in [6.07, 6.45) is 1.62. The van der Waals surface area contributed by atoms with Gasteiger partial charge in [-0.1, -0.05) is 0 Å². The molecule has 0 bridgehead atoms. The molecule has 0 spiro atoms. The molecule has 0 aliphatic carbocycles. The van der Waals surface area contributed by atoms with E-state index in [-0.39, 0.29) is 6.03 Å². The first kappa shape index (κ1) is 6.80. The second-order valence-corrected chi connectivity index (χ2v) is 1.96. The predicted octanol–water partition coefficient (Wildman–Crippen LogP) is 0.379. The lowest BCUT2D eigenvalue weighted by atomic mass is 10.5. The van der Waals surface area contributed by atoms with Gasteiger partial charge in [0.25, 0.3) is 0 Å². The van der Waals surface area contributed by atoms with Crippen molar-refractivity contribution in [1.82, 2.24) is 15.1 Å². The fraction of sp³-hybridized carbons (Fsp3) is 0.333. The summed E-state index contributed by atoms with van der Waals surface area (Å²) in [5.74, 6) is 0. The number of nitrogens with one attached hydrogen (secondary N) is 1. The molecule has 0 saturated carbocycles. The Kier molecular flexibility index (Phi) is 1.71. The summed E-state index contributed by atoms with van der Waals surface area (Å²) in [4.78, 5) is 10.8. The minimum absolute atomic E-state index is 0.215. The minimum atomic E-state index is -0.215. The van der Waals surface area contributed by atoms with Crippen LogP contribution in [0.2, 0.25) is 0 Å². The highest BCUT2D eigenvalue weighted by Crippen LogP contribution is 1.90. The van der Waals surface area contributed by atoms with E-state index in [1.165, 1.54) is 4.68 Å². The molecule has 10 heavy (non-hydrogen) atoms. The van der Waals surface area contributed by atoms with E-state index >= 15 is 0 Å². The molecule has 54 valence electrons. The molecule has 0 unspecified atom stereocenters. The number of amides is 1. The van der Waals surface area contributed by atoms with Crippen molar-refractivity contribution in [3.05, 3.63) is 18.0 Å². The molecule has 1 N–H and O–H groups in total. The third kappa shape index (κ3) is 1.15. The van der Waals surface area contributed by atoms with Crippen LogP contribution in [0.5, 0.6) is 0 Å². The van der Waals surface area contributed by atoms with Crippen LogP contribution in [-0.2, 0) is 0 Å². The van der Waals surface area contributed by atoms with Crippen molar-refractivity contribution in [1.29, 1.82) is 0 Å². The van der Waals surface area contributed by atoms with Gasteiger partial charge in [0.2, 0.25) is 0 Å². The third-order valence-electron chi connectivity index (χ3n) is 1.14. The first-order valence-corrected chi connectivity index (χ1v) is 2.98. The number of hydrogen-bond donors (Lipinski definition) is 1. The van der Waals surface area contributed by atoms with Crippen molar-refractivity contribution in [2.75, 3.05) is 7.05 Å². The Morgan fingerprint density at radius 1 is 1.80 bits per heavy atom. The van der Waals surface area contributed by atoms with Crippen LogP contribution in [0.15, 0.2) is 12.3 Å². The summed E-state index contributed by atoms with van der Waals surface area (Å²) < 4.78 is 1.26. The Labute approximate surface area is 58.8 Å². The van der Waals surface area contributed by atoms with Gasteiger partial charge in [-0.25, -0.2) is 4.79 Å². The molecule has 0 saturated heterocycles. The molecule has 1 amide bonds. The fourth-order valence-corrected chi connectivity index (χ4v) is 0.643. The number of nitrogens with zero attached hydrogens (tertiary/aromatic N) is 2. The average Bonchev–Trinajstić information content (AvgIpc) is 2.34. The highest BCUT2D eigenvalue weighted by atomic mass is 16.2. The van der Waals surface area contributed by atoms with E-state index in [1.807, 2.05) is 6.92 Å². The van der Waals surface area contributed by atoms with Crippen molar-refractivity contribution in [3.63, 3.8) is 0 Å². The molecule has 4 heteroatoms. The fourth-order valence-electron chi connectivity index (χ4n) is 0.643. The van der Waals surface area contributed by atoms with Crippen LogP contribution < -0.4 is 5.32 Å². The van der Waals surface area contributed by atoms with Crippen LogP contribution >= 0.6 is 0 Å². The van der Waals surface area contributed by atoms with Gasteiger partial charge in [-0.05, 0) is 13.0 Å². The number of rotatable bonds is 0. The molecule has 0 fully saturated rings. The highest BCUT2D eigenvalue weighted by Gasteiger charge is 1.99. The first-order chi connectivity index (χ1) is 4.74. The van der Waals surface area contributed by atoms with Gasteiger partial charge in [0.1, 0.15) is 0 Å². The van der Waals surface area contributed by atoms with Crippen LogP contribution in [0.25, 0.3) is 0 Å². The second-order valence-electron chi connectivity index (χ2n) is 1.96. The molecule has 0 radical (unpaired) electrons. The van der Waals surface area contributed by atoms with Crippen molar-refractivity contribution >= 4 is 6.03 Å². The van der Waals surface area contributed by atoms with E-state index < -0.39 is 0 Å². The predicted molar refractivity (Wildman–Crippen MR) is 36.8 cm³/mol. The number of hydrogen-bond acceptors (Lipinski definition) is 2. The zero-order valence-electron chi connectivity index (χ0n) is 5.96. The summed E-state index contributed by atoms with van der Waals surface area (Å²) in [5, 5.41) is 6.34. The maximum absolute atomic E-state index is 10.8. The number of carbonyl (C=O) groups is 1. The number of aryl methyl sites for hydroxylation is 1. The SMILES string of the molecule is CNC(=O)n1ccc(C)n1. The summed E-state index contributed by atoms with van der Waals surface area (Å²) in [5.41, 5.74) is 0.837. The lowest BCUT2D eigenvalue weighted by Crippen LogP contribution is -2.24. The van der Waals surface area contributed by atoms with Gasteiger partial charge in [0.15, 0.2) is 0 Å². The topological polar surface area (TPSA) is 46.9 Å². The van der Waals surface area contributed by atoms with Crippen molar-refractivity contribution in [2.45, 2.75) is 6.92 Å². The van der Waals surface area contributed by atoms with Crippen LogP contribution in [-0.4, -0.2) is 22.9 Å². The van der Waals surface area contributed by atoms with Gasteiger partial charge in [-0.3, -0.25) is 0 Å². The Morgan fingerprint density at radius 3 is 2.90 bits per heavy atom. The lowest BCUT2D eigenvalue weighted by Gasteiger charge is -1.95. The smallest absolute Gasteiger partial charge is 0.339 e. The molecular formula is C6H9N3O. The van der Waals surface area contributed by atoms with E-state index in [1.54, 1.807) is 19.3 Å². The standard InChI is InChI=1S/C6H9N3O/c1-5-3-4-9(8-5)6(10)7-2/h3-4H,1-2H3,(H,7,10). The molecular weight excluding hydrogens is 130 g/mol. The van der Waals surface area contributed by atoms with E-state index in [0.29, 0.717) is 0 Å². The van der Waals surface area contributed by atoms with Crippen LogP contribution in [0, 0.1) is 6.92 Å². The number of aromatic nitrogens is 2. The molecule has 0 aliphatic rings. The molecule has 0 aromatic carbocycles. The van der Waals surface area contributed by atoms with Crippen LogP contribution in [0.4, 0.5) is 4.79 Å². The quantitative estimate of drug-likeness (QED) is 0.564. The largest absolute Gasteiger partial charge is 0.341 e. The maximum Gasteiger partial charge on any atom is 0.341 e. The summed E-state index contributed by atoms with van der Waals surface area (Å²) in [6, 6.07) is 1.56. The molecule has 0 atom stereocenters. The van der Waals surface area contributed by atoms with Crippen molar-refractivity contribution < 1.29 is 4.79 Å². The highest BCUT2D eigenvalue weighted by molar-refractivity contribution is 5.75. The van der Waals surface area contributed by atoms with Gasteiger partial charge in [0.05, 0.1) is 5.69 Å². The summed E-state index contributed by atoms with van der Waals surface area (Å²) in [6.45, 7) is 1.83. The Morgan fingerprint density at radius 2 is 2.50 bits per heavy atom. The first-order valence-electron chi connectivity index (χ1n) is 2.98. The van der Waals surface area contributed by atoms with Gasteiger partial charge in [-0.2, -0.15) is 9.78 Å². The zero-order chi connectivity index (χ0) is 7.56. The Bertz CT molecular complexity index is 241. The van der Waals surface area contributed by atoms with Gasteiger partial charge >= 0.3 is 6.03 Å². The normalized spacial score (nSPS) is 9.40. The molecule has 0 aliphatic heterocycles. The van der Waals surface area contributed by atoms with Crippen LogP contribution in [0.1, 0.15) is 5.69 Å². The molecule has 1 aromatic heterocycles. The third-order valence-corrected chi connectivity index (χ3v) is 1.14. The average molecular weight is 139 g/mol. The van der Waals surface area contributed by atoms with E-state index in [2.05, 4.69) is 10.4 Å². The van der Waals surface area contributed by atoms with Crippen molar-refractivity contribution in [2.24, 2.45) is 0 Å². The monoisotopic (exact) mass is 139 g/mol. The van der Waals surface area contributed by atoms with Crippen molar-refractivity contribution in [3.8, 4) is 0 Å². The Hall–Kier alpha value is -1.32. The summed E-state index contributed by atoms with van der Waals surface area (Å²) >= 11 is 0. The van der Waals surface area contributed by atoms with E-state index in [0.717, 1.165) is 5.69 Å². The number of carbonyl (C=O) groups excluding carboxylic acids is 1. The molecule has 4 nitrogen and oxygen atoms in total. The maximum atomic E-state index is 10.8.